The third-order valence-electron chi connectivity index (χ3n) is 3.39. The minimum atomic E-state index is -4.31. The van der Waals surface area contributed by atoms with E-state index in [0.29, 0.717) is 0 Å². The van der Waals surface area contributed by atoms with Gasteiger partial charge in [-0.15, -0.1) is 0 Å². The molecule has 0 heterocycles. The molecule has 0 aliphatic carbocycles. The number of rotatable bonds is 5. The van der Waals surface area contributed by atoms with Gasteiger partial charge in [-0.1, -0.05) is 80.4 Å². The van der Waals surface area contributed by atoms with Crippen LogP contribution in [-0.2, 0) is 22.5 Å². The Hall–Kier alpha value is -0.880. The summed E-state index contributed by atoms with van der Waals surface area (Å²) in [6.07, 6.45) is 0. The Morgan fingerprint density at radius 2 is 0.955 bits per heavy atom. The van der Waals surface area contributed by atoms with E-state index in [-0.39, 0.29) is 21.8 Å². The van der Waals surface area contributed by atoms with E-state index in [2.05, 4.69) is 31.9 Å². The summed E-state index contributed by atoms with van der Waals surface area (Å²) in [4.78, 5) is 0. The van der Waals surface area contributed by atoms with Crippen LogP contribution in [0.4, 0.5) is 17.6 Å². The van der Waals surface area contributed by atoms with Crippen molar-refractivity contribution in [1.29, 1.82) is 0 Å². The minimum absolute atomic E-state index is 0.0783. The Bertz CT molecular complexity index is 599. The van der Waals surface area contributed by atoms with Crippen LogP contribution in [0.2, 0.25) is 0 Å². The molecule has 0 bridgehead atoms. The third-order valence-corrected chi connectivity index (χ3v) is 4.60. The lowest BCUT2D eigenvalue weighted by Crippen LogP contribution is -2.37. The quantitative estimate of drug-likeness (QED) is 0.375. The molecule has 0 aliphatic heterocycles. The predicted molar refractivity (Wildman–Crippen MR) is 85.9 cm³/mol. The lowest BCUT2D eigenvalue weighted by Gasteiger charge is -2.29. The Morgan fingerprint density at radius 3 is 1.27 bits per heavy atom. The molecule has 0 radical (unpaired) electrons. The van der Waals surface area contributed by atoms with Crippen LogP contribution in [0.3, 0.4) is 0 Å². The number of halogens is 6. The molecule has 0 N–H and O–H groups in total. The van der Waals surface area contributed by atoms with Crippen molar-refractivity contribution in [3.63, 3.8) is 0 Å². The van der Waals surface area contributed by atoms with Gasteiger partial charge in [-0.3, -0.25) is 0 Å². The first-order valence-electron chi connectivity index (χ1n) is 6.40. The van der Waals surface area contributed by atoms with Crippen LogP contribution in [0.1, 0.15) is 22.3 Å². The van der Waals surface area contributed by atoms with Crippen molar-refractivity contribution in [1.82, 2.24) is 0 Å². The molecule has 0 fully saturated rings. The Labute approximate surface area is 142 Å². The SMILES string of the molecule is FC(F)(c1ccccc1CBr)C(F)(F)c1ccccc1CBr. The molecule has 0 unspecified atom stereocenters. The zero-order valence-electron chi connectivity index (χ0n) is 11.3. The van der Waals surface area contributed by atoms with Gasteiger partial charge in [0.15, 0.2) is 0 Å². The molecular formula is C16H12Br2F4. The molecular weight excluding hydrogens is 428 g/mol. The Morgan fingerprint density at radius 1 is 0.636 bits per heavy atom. The molecule has 22 heavy (non-hydrogen) atoms. The summed E-state index contributed by atoms with van der Waals surface area (Å²) in [7, 11) is 0. The molecule has 6 heteroatoms. The van der Waals surface area contributed by atoms with E-state index in [1.165, 1.54) is 24.3 Å². The molecule has 0 amide bonds. The second kappa shape index (κ2) is 6.71. The zero-order chi connectivity index (χ0) is 16.4. The molecule has 0 atom stereocenters. The minimum Gasteiger partial charge on any atom is -0.194 e. The monoisotopic (exact) mass is 438 g/mol. The third kappa shape index (κ3) is 2.95. The van der Waals surface area contributed by atoms with E-state index in [1.807, 2.05) is 0 Å². The van der Waals surface area contributed by atoms with Crippen molar-refractivity contribution in [2.45, 2.75) is 22.5 Å². The molecule has 118 valence electrons. The van der Waals surface area contributed by atoms with Gasteiger partial charge in [-0.25, -0.2) is 0 Å². The number of hydrogen-bond donors (Lipinski definition) is 0. The molecule has 2 rings (SSSR count). The largest absolute Gasteiger partial charge is 0.340 e. The van der Waals surface area contributed by atoms with E-state index in [0.717, 1.165) is 12.1 Å². The first-order chi connectivity index (χ1) is 10.4. The van der Waals surface area contributed by atoms with Gasteiger partial charge in [0.05, 0.1) is 0 Å². The van der Waals surface area contributed by atoms with Gasteiger partial charge in [0.2, 0.25) is 0 Å². The van der Waals surface area contributed by atoms with E-state index < -0.39 is 23.0 Å². The molecule has 0 saturated carbocycles. The van der Waals surface area contributed by atoms with E-state index >= 15 is 0 Å². The normalized spacial score (nSPS) is 12.5. The van der Waals surface area contributed by atoms with E-state index in [9.17, 15) is 17.6 Å². The molecule has 2 aromatic carbocycles. The highest BCUT2D eigenvalue weighted by molar-refractivity contribution is 9.08. The van der Waals surface area contributed by atoms with Gasteiger partial charge >= 0.3 is 11.8 Å². The summed E-state index contributed by atoms with van der Waals surface area (Å²) in [5.74, 6) is -8.62. The van der Waals surface area contributed by atoms with E-state index in [4.69, 9.17) is 0 Å². The van der Waals surface area contributed by atoms with Gasteiger partial charge in [-0.2, -0.15) is 17.6 Å². The second-order valence-electron chi connectivity index (χ2n) is 4.73. The van der Waals surface area contributed by atoms with Crippen LogP contribution in [0.5, 0.6) is 0 Å². The maximum Gasteiger partial charge on any atom is 0.340 e. The van der Waals surface area contributed by atoms with Crippen LogP contribution in [0.25, 0.3) is 0 Å². The van der Waals surface area contributed by atoms with Crippen molar-refractivity contribution in [2.75, 3.05) is 0 Å². The average molecular weight is 440 g/mol. The van der Waals surface area contributed by atoms with Crippen LogP contribution in [-0.4, -0.2) is 0 Å². The van der Waals surface area contributed by atoms with Gasteiger partial charge in [0, 0.05) is 21.8 Å². The van der Waals surface area contributed by atoms with Crippen LogP contribution >= 0.6 is 31.9 Å². The van der Waals surface area contributed by atoms with Gasteiger partial charge in [-0.05, 0) is 11.1 Å². The molecule has 0 aliphatic rings. The van der Waals surface area contributed by atoms with Crippen molar-refractivity contribution >= 4 is 31.9 Å². The fourth-order valence-corrected chi connectivity index (χ4v) is 3.20. The summed E-state index contributed by atoms with van der Waals surface area (Å²) in [5.41, 5.74) is -1.05. The summed E-state index contributed by atoms with van der Waals surface area (Å²) in [5, 5.41) is 0.157. The van der Waals surface area contributed by atoms with Crippen molar-refractivity contribution in [2.24, 2.45) is 0 Å². The van der Waals surface area contributed by atoms with Gasteiger partial charge in [0.25, 0.3) is 0 Å². The summed E-state index contributed by atoms with van der Waals surface area (Å²) in [6.45, 7) is 0. The van der Waals surface area contributed by atoms with Crippen LogP contribution in [0.15, 0.2) is 48.5 Å². The second-order valence-corrected chi connectivity index (χ2v) is 5.85. The van der Waals surface area contributed by atoms with Crippen molar-refractivity contribution < 1.29 is 17.6 Å². The molecule has 0 spiro atoms. The van der Waals surface area contributed by atoms with Gasteiger partial charge < -0.3 is 0 Å². The number of alkyl halides is 6. The van der Waals surface area contributed by atoms with Gasteiger partial charge in [0.1, 0.15) is 0 Å². The average Bonchev–Trinajstić information content (AvgIpc) is 2.54. The predicted octanol–water partition coefficient (Wildman–Crippen LogP) is 6.36. The lowest BCUT2D eigenvalue weighted by molar-refractivity contribution is -0.224. The molecule has 0 nitrogen and oxygen atoms in total. The van der Waals surface area contributed by atoms with Crippen LogP contribution in [0, 0.1) is 0 Å². The smallest absolute Gasteiger partial charge is 0.194 e. The van der Waals surface area contributed by atoms with Crippen molar-refractivity contribution in [3.8, 4) is 0 Å². The first kappa shape index (κ1) is 17.5. The fraction of sp³-hybridized carbons (Fsp3) is 0.250. The zero-order valence-corrected chi connectivity index (χ0v) is 14.5. The maximum atomic E-state index is 14.6. The van der Waals surface area contributed by atoms with E-state index in [1.54, 1.807) is 12.1 Å². The standard InChI is InChI=1S/C16H12Br2F4/c17-9-11-5-1-3-7-13(11)15(19,20)16(21,22)14-8-4-2-6-12(14)10-18/h1-8H,9-10H2. The molecule has 0 aromatic heterocycles. The van der Waals surface area contributed by atoms with Crippen molar-refractivity contribution in [3.05, 3.63) is 70.8 Å². The number of benzene rings is 2. The first-order valence-corrected chi connectivity index (χ1v) is 8.65. The van der Waals surface area contributed by atoms with Crippen LogP contribution < -0.4 is 0 Å². The lowest BCUT2D eigenvalue weighted by atomic mass is 9.91. The molecule has 2 aromatic rings. The highest BCUT2D eigenvalue weighted by atomic mass is 79.9. The summed E-state index contributed by atoms with van der Waals surface area (Å²) >= 11 is 6.13. The molecule has 0 saturated heterocycles. The Balaban J connectivity index is 2.60. The summed E-state index contributed by atoms with van der Waals surface area (Å²) < 4.78 is 58.4. The maximum absolute atomic E-state index is 14.6. The topological polar surface area (TPSA) is 0 Å². The fourth-order valence-electron chi connectivity index (χ4n) is 2.22. The highest BCUT2D eigenvalue weighted by Gasteiger charge is 2.59. The summed E-state index contributed by atoms with van der Waals surface area (Å²) in [6, 6.07) is 10.7. The number of hydrogen-bond acceptors (Lipinski definition) is 0. The Kier molecular flexibility index (Phi) is 5.33. The highest BCUT2D eigenvalue weighted by Crippen LogP contribution is 2.51.